The summed E-state index contributed by atoms with van der Waals surface area (Å²) in [5, 5.41) is 0. The summed E-state index contributed by atoms with van der Waals surface area (Å²) < 4.78 is 4.94. The molecule has 0 heterocycles. The Morgan fingerprint density at radius 2 is 2.29 bits per heavy atom. The van der Waals surface area contributed by atoms with Crippen LogP contribution in [0, 0.1) is 17.8 Å². The number of esters is 1. The van der Waals surface area contributed by atoms with Gasteiger partial charge in [-0.3, -0.25) is 9.59 Å². The first-order chi connectivity index (χ1) is 6.74. The van der Waals surface area contributed by atoms with Crippen LogP contribution in [0.5, 0.6) is 0 Å². The van der Waals surface area contributed by atoms with Gasteiger partial charge in [-0.25, -0.2) is 0 Å². The third kappa shape index (κ3) is 1.45. The zero-order valence-corrected chi connectivity index (χ0v) is 8.49. The van der Waals surface area contributed by atoms with Gasteiger partial charge >= 0.3 is 5.97 Å². The van der Waals surface area contributed by atoms with Gasteiger partial charge in [0.05, 0.1) is 6.61 Å². The Morgan fingerprint density at radius 3 is 3.00 bits per heavy atom. The number of ether oxygens (including phenoxy) is 1. The van der Waals surface area contributed by atoms with E-state index in [1.165, 1.54) is 6.42 Å². The Kier molecular flexibility index (Phi) is 2.57. The molecule has 78 valence electrons. The first kappa shape index (κ1) is 9.69. The Bertz CT molecular complexity index is 259. The normalized spacial score (nSPS) is 35.8. The van der Waals surface area contributed by atoms with Gasteiger partial charge in [-0.1, -0.05) is 6.42 Å². The van der Waals surface area contributed by atoms with Crippen LogP contribution in [0.3, 0.4) is 0 Å². The molecule has 2 fully saturated rings. The smallest absolute Gasteiger partial charge is 0.316 e. The molecular formula is C11H16O3. The lowest BCUT2D eigenvalue weighted by atomic mass is 9.92. The molecule has 3 atom stereocenters. The molecule has 0 aromatic carbocycles. The minimum atomic E-state index is -0.428. The predicted molar refractivity (Wildman–Crippen MR) is 50.6 cm³/mol. The summed E-state index contributed by atoms with van der Waals surface area (Å²) >= 11 is 0. The summed E-state index contributed by atoms with van der Waals surface area (Å²) in [6.45, 7) is 2.16. The van der Waals surface area contributed by atoms with Crippen LogP contribution in [0.2, 0.25) is 0 Å². The quantitative estimate of drug-likeness (QED) is 0.497. The Morgan fingerprint density at radius 1 is 1.50 bits per heavy atom. The highest BCUT2D eigenvalue weighted by Gasteiger charge is 2.48. The third-order valence-electron chi connectivity index (χ3n) is 3.50. The van der Waals surface area contributed by atoms with Crippen molar-refractivity contribution in [3.8, 4) is 0 Å². The molecule has 3 nitrogen and oxygen atoms in total. The Balaban J connectivity index is 2.09. The molecule has 0 aromatic heterocycles. The van der Waals surface area contributed by atoms with Crippen LogP contribution < -0.4 is 0 Å². The van der Waals surface area contributed by atoms with E-state index in [1.807, 2.05) is 0 Å². The van der Waals surface area contributed by atoms with Crippen molar-refractivity contribution < 1.29 is 14.3 Å². The fourth-order valence-electron chi connectivity index (χ4n) is 2.92. The summed E-state index contributed by atoms with van der Waals surface area (Å²) in [4.78, 5) is 23.2. The highest BCUT2D eigenvalue weighted by atomic mass is 16.5. The zero-order valence-electron chi connectivity index (χ0n) is 8.49. The standard InChI is InChI=1S/C11H16O3/c1-2-14-11(13)10-8-5-3-4-7(8)6-9(10)12/h7-8,10H,2-6H2,1H3/t7-,8-,10?/m1/s1. The summed E-state index contributed by atoms with van der Waals surface area (Å²) in [7, 11) is 0. The second kappa shape index (κ2) is 3.71. The molecule has 0 amide bonds. The molecule has 0 aliphatic heterocycles. The van der Waals surface area contributed by atoms with E-state index in [9.17, 15) is 9.59 Å². The topological polar surface area (TPSA) is 43.4 Å². The molecule has 2 aliphatic rings. The van der Waals surface area contributed by atoms with Crippen LogP contribution in [0.1, 0.15) is 32.6 Å². The van der Waals surface area contributed by atoms with Gasteiger partial charge in [0.15, 0.2) is 0 Å². The van der Waals surface area contributed by atoms with Crippen molar-refractivity contribution in [2.24, 2.45) is 17.8 Å². The maximum absolute atomic E-state index is 11.6. The molecule has 2 aliphatic carbocycles. The van der Waals surface area contributed by atoms with Crippen LogP contribution >= 0.6 is 0 Å². The fourth-order valence-corrected chi connectivity index (χ4v) is 2.92. The lowest BCUT2D eigenvalue weighted by molar-refractivity contribution is -0.152. The number of ketones is 1. The van der Waals surface area contributed by atoms with Crippen molar-refractivity contribution in [3.63, 3.8) is 0 Å². The largest absolute Gasteiger partial charge is 0.465 e. The first-order valence-corrected chi connectivity index (χ1v) is 5.43. The molecule has 0 radical (unpaired) electrons. The van der Waals surface area contributed by atoms with Crippen molar-refractivity contribution in [1.29, 1.82) is 0 Å². The third-order valence-corrected chi connectivity index (χ3v) is 3.50. The van der Waals surface area contributed by atoms with E-state index < -0.39 is 5.92 Å². The minimum absolute atomic E-state index is 0.109. The maximum atomic E-state index is 11.6. The summed E-state index contributed by atoms with van der Waals surface area (Å²) in [6.07, 6.45) is 3.92. The maximum Gasteiger partial charge on any atom is 0.316 e. The van der Waals surface area contributed by atoms with Crippen molar-refractivity contribution >= 4 is 11.8 Å². The molecule has 2 rings (SSSR count). The summed E-state index contributed by atoms with van der Waals surface area (Å²) in [5.74, 6) is 0.158. The van der Waals surface area contributed by atoms with Gasteiger partial charge in [0.2, 0.25) is 0 Å². The highest BCUT2D eigenvalue weighted by molar-refractivity contribution is 6.01. The molecule has 3 heteroatoms. The zero-order chi connectivity index (χ0) is 10.1. The van der Waals surface area contributed by atoms with Crippen molar-refractivity contribution in [2.75, 3.05) is 6.61 Å². The van der Waals surface area contributed by atoms with Crippen LogP contribution in [-0.2, 0) is 14.3 Å². The van der Waals surface area contributed by atoms with Gasteiger partial charge in [-0.2, -0.15) is 0 Å². The van der Waals surface area contributed by atoms with Gasteiger partial charge in [0.1, 0.15) is 11.7 Å². The number of rotatable bonds is 2. The van der Waals surface area contributed by atoms with Crippen molar-refractivity contribution in [1.82, 2.24) is 0 Å². The second-order valence-corrected chi connectivity index (χ2v) is 4.25. The average Bonchev–Trinajstić information content (AvgIpc) is 2.63. The Hall–Kier alpha value is -0.860. The number of hydrogen-bond donors (Lipinski definition) is 0. The van der Waals surface area contributed by atoms with E-state index in [2.05, 4.69) is 0 Å². The first-order valence-electron chi connectivity index (χ1n) is 5.43. The molecule has 0 saturated heterocycles. The fraction of sp³-hybridized carbons (Fsp3) is 0.818. The van der Waals surface area contributed by atoms with Gasteiger partial charge in [-0.05, 0) is 31.6 Å². The van der Waals surface area contributed by atoms with E-state index in [0.29, 0.717) is 24.9 Å². The van der Waals surface area contributed by atoms with Crippen LogP contribution in [0.4, 0.5) is 0 Å². The minimum Gasteiger partial charge on any atom is -0.465 e. The molecule has 14 heavy (non-hydrogen) atoms. The lowest BCUT2D eigenvalue weighted by Crippen LogP contribution is -2.27. The second-order valence-electron chi connectivity index (χ2n) is 4.25. The van der Waals surface area contributed by atoms with Gasteiger partial charge < -0.3 is 4.74 Å². The summed E-state index contributed by atoms with van der Waals surface area (Å²) in [5.41, 5.74) is 0. The monoisotopic (exact) mass is 196 g/mol. The predicted octanol–water partition coefficient (Wildman–Crippen LogP) is 1.55. The molecule has 0 aromatic rings. The SMILES string of the molecule is CCOC(=O)C1C(=O)C[C@H]2CCC[C@@H]12. The van der Waals surface area contributed by atoms with Crippen LogP contribution in [0.15, 0.2) is 0 Å². The number of fused-ring (bicyclic) bond motifs is 1. The van der Waals surface area contributed by atoms with Gasteiger partial charge in [-0.15, -0.1) is 0 Å². The van der Waals surface area contributed by atoms with Crippen molar-refractivity contribution in [2.45, 2.75) is 32.6 Å². The van der Waals surface area contributed by atoms with Gasteiger partial charge in [0.25, 0.3) is 0 Å². The van der Waals surface area contributed by atoms with E-state index in [1.54, 1.807) is 6.92 Å². The number of carbonyl (C=O) groups excluding carboxylic acids is 2. The molecule has 0 N–H and O–H groups in total. The highest BCUT2D eigenvalue weighted by Crippen LogP contribution is 2.46. The van der Waals surface area contributed by atoms with Crippen LogP contribution in [0.25, 0.3) is 0 Å². The van der Waals surface area contributed by atoms with E-state index in [4.69, 9.17) is 4.74 Å². The van der Waals surface area contributed by atoms with E-state index in [0.717, 1.165) is 12.8 Å². The summed E-state index contributed by atoms with van der Waals surface area (Å²) in [6, 6.07) is 0. The van der Waals surface area contributed by atoms with Crippen LogP contribution in [-0.4, -0.2) is 18.4 Å². The lowest BCUT2D eigenvalue weighted by Gasteiger charge is -2.14. The van der Waals surface area contributed by atoms with E-state index in [-0.39, 0.29) is 11.8 Å². The number of hydrogen-bond acceptors (Lipinski definition) is 3. The van der Waals surface area contributed by atoms with E-state index >= 15 is 0 Å². The number of Topliss-reactive ketones (excluding diaryl/α,β-unsaturated/α-hetero) is 1. The molecule has 0 spiro atoms. The van der Waals surface area contributed by atoms with Gasteiger partial charge in [0, 0.05) is 6.42 Å². The molecule has 0 bridgehead atoms. The number of carbonyl (C=O) groups is 2. The van der Waals surface area contributed by atoms with Crippen molar-refractivity contribution in [3.05, 3.63) is 0 Å². The Labute approximate surface area is 83.8 Å². The molecular weight excluding hydrogens is 180 g/mol. The molecule has 1 unspecified atom stereocenters. The average molecular weight is 196 g/mol. The molecule has 2 saturated carbocycles.